The molecule has 3 nitrogen and oxygen atoms in total. The van der Waals surface area contributed by atoms with E-state index < -0.39 is 0 Å². The Morgan fingerprint density at radius 1 is 1.20 bits per heavy atom. The lowest BCUT2D eigenvalue weighted by Crippen LogP contribution is -2.47. The zero-order valence-electron chi connectivity index (χ0n) is 11.3. The molecular weight excluding hydrogens is 255 g/mol. The third-order valence-corrected chi connectivity index (χ3v) is 4.12. The lowest BCUT2D eigenvalue weighted by atomic mass is 10.00. The van der Waals surface area contributed by atoms with Gasteiger partial charge < -0.3 is 10.6 Å². The van der Waals surface area contributed by atoms with Crippen LogP contribution in [-0.2, 0) is 4.79 Å². The van der Waals surface area contributed by atoms with Crippen molar-refractivity contribution in [3.05, 3.63) is 41.7 Å². The number of nitrogens with one attached hydrogen (secondary N) is 2. The first-order valence-corrected chi connectivity index (χ1v) is 7.19. The van der Waals surface area contributed by atoms with E-state index in [1.54, 1.807) is 18.2 Å². The highest BCUT2D eigenvalue weighted by Gasteiger charge is 2.33. The summed E-state index contributed by atoms with van der Waals surface area (Å²) in [4.78, 5) is 11.9. The Morgan fingerprint density at radius 2 is 1.85 bits per heavy atom. The van der Waals surface area contributed by atoms with Crippen molar-refractivity contribution in [1.29, 1.82) is 0 Å². The Balaban J connectivity index is 1.53. The molecule has 0 saturated carbocycles. The van der Waals surface area contributed by atoms with Crippen LogP contribution in [0.3, 0.4) is 0 Å². The SMILES string of the molecule is O=C(/C=C/c1ccc(F)cc1)NC1CC2CCC(C1)N2. The molecular formula is C16H19FN2O. The van der Waals surface area contributed by atoms with Crippen molar-refractivity contribution in [3.63, 3.8) is 0 Å². The molecule has 2 N–H and O–H groups in total. The average molecular weight is 274 g/mol. The molecule has 106 valence electrons. The number of carbonyl (C=O) groups excluding carboxylic acids is 1. The molecule has 2 unspecified atom stereocenters. The molecule has 2 atom stereocenters. The maximum atomic E-state index is 12.8. The monoisotopic (exact) mass is 274 g/mol. The van der Waals surface area contributed by atoms with Crippen molar-refractivity contribution in [2.75, 3.05) is 0 Å². The number of hydrogen-bond donors (Lipinski definition) is 2. The van der Waals surface area contributed by atoms with Crippen molar-refractivity contribution >= 4 is 12.0 Å². The topological polar surface area (TPSA) is 41.1 Å². The number of piperidine rings is 1. The Bertz CT molecular complexity index is 500. The summed E-state index contributed by atoms with van der Waals surface area (Å²) >= 11 is 0. The van der Waals surface area contributed by atoms with E-state index in [9.17, 15) is 9.18 Å². The van der Waals surface area contributed by atoms with E-state index in [-0.39, 0.29) is 17.8 Å². The van der Waals surface area contributed by atoms with Crippen LogP contribution in [0.5, 0.6) is 0 Å². The lowest BCUT2D eigenvalue weighted by molar-refractivity contribution is -0.117. The van der Waals surface area contributed by atoms with Crippen molar-refractivity contribution in [1.82, 2.24) is 10.6 Å². The molecule has 0 aliphatic carbocycles. The number of rotatable bonds is 3. The van der Waals surface area contributed by atoms with E-state index in [1.807, 2.05) is 0 Å². The van der Waals surface area contributed by atoms with Gasteiger partial charge >= 0.3 is 0 Å². The van der Waals surface area contributed by atoms with E-state index >= 15 is 0 Å². The zero-order valence-corrected chi connectivity index (χ0v) is 11.3. The second kappa shape index (κ2) is 5.75. The third-order valence-electron chi connectivity index (χ3n) is 4.12. The Labute approximate surface area is 118 Å². The fourth-order valence-corrected chi connectivity index (χ4v) is 3.17. The van der Waals surface area contributed by atoms with Crippen LogP contribution in [0.25, 0.3) is 6.08 Å². The number of amides is 1. The Hall–Kier alpha value is -1.68. The molecule has 4 heteroatoms. The van der Waals surface area contributed by atoms with Gasteiger partial charge in [-0.1, -0.05) is 12.1 Å². The van der Waals surface area contributed by atoms with E-state index in [0.29, 0.717) is 12.1 Å². The Morgan fingerprint density at radius 3 is 2.50 bits per heavy atom. The van der Waals surface area contributed by atoms with Gasteiger partial charge in [0.25, 0.3) is 0 Å². The molecule has 2 heterocycles. The van der Waals surface area contributed by atoms with Crippen LogP contribution < -0.4 is 10.6 Å². The second-order valence-corrected chi connectivity index (χ2v) is 5.70. The summed E-state index contributed by atoms with van der Waals surface area (Å²) in [5.41, 5.74) is 0.826. The summed E-state index contributed by atoms with van der Waals surface area (Å²) in [6, 6.07) is 7.51. The summed E-state index contributed by atoms with van der Waals surface area (Å²) in [5.74, 6) is -0.336. The van der Waals surface area contributed by atoms with Crippen molar-refractivity contribution < 1.29 is 9.18 Å². The van der Waals surface area contributed by atoms with Crippen molar-refractivity contribution in [2.45, 2.75) is 43.8 Å². The van der Waals surface area contributed by atoms with Gasteiger partial charge in [0.05, 0.1) is 0 Å². The lowest BCUT2D eigenvalue weighted by Gasteiger charge is -2.29. The molecule has 3 rings (SSSR count). The Kier molecular flexibility index (Phi) is 3.83. The molecule has 2 aliphatic rings. The third kappa shape index (κ3) is 3.25. The fourth-order valence-electron chi connectivity index (χ4n) is 3.17. The highest BCUT2D eigenvalue weighted by molar-refractivity contribution is 5.91. The van der Waals surface area contributed by atoms with Crippen LogP contribution in [0.15, 0.2) is 30.3 Å². The normalized spacial score (nSPS) is 28.8. The van der Waals surface area contributed by atoms with Crippen LogP contribution in [0.4, 0.5) is 4.39 Å². The molecule has 0 spiro atoms. The van der Waals surface area contributed by atoms with Gasteiger partial charge in [-0.15, -0.1) is 0 Å². The molecule has 1 aromatic carbocycles. The molecule has 2 bridgehead atoms. The number of benzene rings is 1. The minimum atomic E-state index is -0.267. The van der Waals surface area contributed by atoms with Gasteiger partial charge in [0, 0.05) is 24.2 Å². The minimum absolute atomic E-state index is 0.0689. The molecule has 0 aromatic heterocycles. The quantitative estimate of drug-likeness (QED) is 0.830. The van der Waals surface area contributed by atoms with Crippen molar-refractivity contribution in [2.24, 2.45) is 0 Å². The molecule has 2 aliphatic heterocycles. The predicted molar refractivity (Wildman–Crippen MR) is 76.5 cm³/mol. The van der Waals surface area contributed by atoms with Crippen LogP contribution in [-0.4, -0.2) is 24.0 Å². The maximum absolute atomic E-state index is 12.8. The number of hydrogen-bond acceptors (Lipinski definition) is 2. The standard InChI is InChI=1S/C16H19FN2O/c17-12-4-1-11(2-5-12)3-8-16(20)19-15-9-13-6-7-14(10-15)18-13/h1-5,8,13-15,18H,6-7,9-10H2,(H,19,20)/b8-3+. The first-order valence-electron chi connectivity index (χ1n) is 7.19. The zero-order chi connectivity index (χ0) is 13.9. The van der Waals surface area contributed by atoms with Gasteiger partial charge in [0.2, 0.25) is 5.91 Å². The van der Waals surface area contributed by atoms with E-state index in [4.69, 9.17) is 0 Å². The van der Waals surface area contributed by atoms with Gasteiger partial charge in [-0.2, -0.15) is 0 Å². The predicted octanol–water partition coefficient (Wildman–Crippen LogP) is 2.24. The second-order valence-electron chi connectivity index (χ2n) is 5.70. The molecule has 20 heavy (non-hydrogen) atoms. The summed E-state index contributed by atoms with van der Waals surface area (Å²) in [5, 5.41) is 6.61. The van der Waals surface area contributed by atoms with Gasteiger partial charge in [-0.05, 0) is 49.5 Å². The fraction of sp³-hybridized carbons (Fsp3) is 0.438. The van der Waals surface area contributed by atoms with Crippen LogP contribution >= 0.6 is 0 Å². The summed E-state index contributed by atoms with van der Waals surface area (Å²) in [6.07, 6.45) is 7.73. The van der Waals surface area contributed by atoms with E-state index in [0.717, 1.165) is 18.4 Å². The van der Waals surface area contributed by atoms with E-state index in [2.05, 4.69) is 10.6 Å². The van der Waals surface area contributed by atoms with Gasteiger partial charge in [-0.3, -0.25) is 4.79 Å². The first kappa shape index (κ1) is 13.3. The van der Waals surface area contributed by atoms with Crippen LogP contribution in [0.1, 0.15) is 31.2 Å². The number of carbonyl (C=O) groups is 1. The smallest absolute Gasteiger partial charge is 0.244 e. The summed E-state index contributed by atoms with van der Waals surface area (Å²) < 4.78 is 12.8. The maximum Gasteiger partial charge on any atom is 0.244 e. The first-order chi connectivity index (χ1) is 9.69. The largest absolute Gasteiger partial charge is 0.350 e. The van der Waals surface area contributed by atoms with Gasteiger partial charge in [0.15, 0.2) is 0 Å². The average Bonchev–Trinajstić information content (AvgIpc) is 2.77. The molecule has 1 amide bonds. The molecule has 1 aromatic rings. The van der Waals surface area contributed by atoms with Gasteiger partial charge in [-0.25, -0.2) is 4.39 Å². The molecule has 0 radical (unpaired) electrons. The van der Waals surface area contributed by atoms with Crippen LogP contribution in [0.2, 0.25) is 0 Å². The summed E-state index contributed by atoms with van der Waals surface area (Å²) in [6.45, 7) is 0. The van der Waals surface area contributed by atoms with Gasteiger partial charge in [0.1, 0.15) is 5.82 Å². The number of fused-ring (bicyclic) bond motifs is 2. The van der Waals surface area contributed by atoms with Crippen LogP contribution in [0, 0.1) is 5.82 Å². The molecule has 2 fully saturated rings. The highest BCUT2D eigenvalue weighted by Crippen LogP contribution is 2.26. The highest BCUT2D eigenvalue weighted by atomic mass is 19.1. The molecule has 2 saturated heterocycles. The van der Waals surface area contributed by atoms with Crippen molar-refractivity contribution in [3.8, 4) is 0 Å². The number of halogens is 1. The summed E-state index contributed by atoms with van der Waals surface area (Å²) in [7, 11) is 0. The minimum Gasteiger partial charge on any atom is -0.350 e. The van der Waals surface area contributed by atoms with E-state index in [1.165, 1.54) is 31.1 Å².